The number of anilines is 1. The molecule has 0 aromatic heterocycles. The molecule has 1 aliphatic heterocycles. The van der Waals surface area contributed by atoms with Gasteiger partial charge in [0.1, 0.15) is 0 Å². The summed E-state index contributed by atoms with van der Waals surface area (Å²) >= 11 is 5.84. The van der Waals surface area contributed by atoms with Crippen LogP contribution in [0.3, 0.4) is 0 Å². The van der Waals surface area contributed by atoms with Crippen molar-refractivity contribution < 1.29 is 0 Å². The first kappa shape index (κ1) is 16.2. The SMILES string of the molecule is CCNC(C)c1ccc(N2CCSC(C)(C)C2)c(Br)c1. The third-order valence-electron chi connectivity index (χ3n) is 3.75. The molecule has 112 valence electrons. The van der Waals surface area contributed by atoms with Crippen molar-refractivity contribution in [1.82, 2.24) is 5.32 Å². The zero-order valence-corrected chi connectivity index (χ0v) is 15.3. The van der Waals surface area contributed by atoms with Crippen LogP contribution < -0.4 is 10.2 Å². The third-order valence-corrected chi connectivity index (χ3v) is 5.68. The number of hydrogen-bond acceptors (Lipinski definition) is 3. The maximum absolute atomic E-state index is 3.76. The van der Waals surface area contributed by atoms with E-state index in [9.17, 15) is 0 Å². The van der Waals surface area contributed by atoms with Crippen LogP contribution in [0.2, 0.25) is 0 Å². The van der Waals surface area contributed by atoms with Crippen LogP contribution in [0.1, 0.15) is 39.3 Å². The Morgan fingerprint density at radius 1 is 1.45 bits per heavy atom. The average molecular weight is 357 g/mol. The van der Waals surface area contributed by atoms with Crippen LogP contribution in [0, 0.1) is 0 Å². The van der Waals surface area contributed by atoms with E-state index in [2.05, 4.69) is 83.8 Å². The van der Waals surface area contributed by atoms with Gasteiger partial charge in [-0.3, -0.25) is 0 Å². The van der Waals surface area contributed by atoms with E-state index < -0.39 is 0 Å². The Morgan fingerprint density at radius 2 is 2.20 bits per heavy atom. The molecule has 1 saturated heterocycles. The van der Waals surface area contributed by atoms with E-state index in [1.807, 2.05) is 0 Å². The van der Waals surface area contributed by atoms with Crippen LogP contribution in [0.25, 0.3) is 0 Å². The highest BCUT2D eigenvalue weighted by atomic mass is 79.9. The lowest BCUT2D eigenvalue weighted by Crippen LogP contribution is -2.43. The number of hydrogen-bond donors (Lipinski definition) is 1. The van der Waals surface area contributed by atoms with Gasteiger partial charge in [-0.1, -0.05) is 13.0 Å². The first-order chi connectivity index (χ1) is 9.43. The Labute approximate surface area is 135 Å². The van der Waals surface area contributed by atoms with Gasteiger partial charge in [0.25, 0.3) is 0 Å². The van der Waals surface area contributed by atoms with Gasteiger partial charge in [-0.05, 0) is 60.9 Å². The lowest BCUT2D eigenvalue weighted by molar-refractivity contribution is 0.597. The van der Waals surface area contributed by atoms with Crippen molar-refractivity contribution in [3.05, 3.63) is 28.2 Å². The summed E-state index contributed by atoms with van der Waals surface area (Å²) in [5.41, 5.74) is 2.67. The first-order valence-electron chi connectivity index (χ1n) is 7.34. The number of halogens is 1. The quantitative estimate of drug-likeness (QED) is 0.857. The second-order valence-electron chi connectivity index (χ2n) is 6.02. The standard InChI is InChI=1S/C16H25BrN2S/c1-5-18-12(2)13-6-7-15(14(17)10-13)19-8-9-20-16(3,4)11-19/h6-7,10,12,18H,5,8-9,11H2,1-4H3. The molecule has 0 amide bonds. The van der Waals surface area contributed by atoms with Crippen molar-refractivity contribution in [3.8, 4) is 0 Å². The minimum absolute atomic E-state index is 0.341. The molecule has 0 radical (unpaired) electrons. The molecule has 2 nitrogen and oxygen atoms in total. The zero-order chi connectivity index (χ0) is 14.8. The minimum atomic E-state index is 0.341. The topological polar surface area (TPSA) is 15.3 Å². The zero-order valence-electron chi connectivity index (χ0n) is 12.9. The number of rotatable bonds is 4. The van der Waals surface area contributed by atoms with E-state index in [0.717, 1.165) is 19.6 Å². The van der Waals surface area contributed by atoms with Crippen molar-refractivity contribution >= 4 is 33.4 Å². The fourth-order valence-corrected chi connectivity index (χ4v) is 4.45. The van der Waals surface area contributed by atoms with Crippen molar-refractivity contribution in [2.75, 3.05) is 30.3 Å². The van der Waals surface area contributed by atoms with Crippen LogP contribution >= 0.6 is 27.7 Å². The maximum Gasteiger partial charge on any atom is 0.0511 e. The van der Waals surface area contributed by atoms with Crippen molar-refractivity contribution in [2.24, 2.45) is 0 Å². The molecule has 4 heteroatoms. The Morgan fingerprint density at radius 3 is 2.80 bits per heavy atom. The molecule has 0 aliphatic carbocycles. The molecule has 0 spiro atoms. The molecule has 1 aromatic rings. The van der Waals surface area contributed by atoms with E-state index in [-0.39, 0.29) is 0 Å². The molecular formula is C16H25BrN2S. The van der Waals surface area contributed by atoms with Crippen molar-refractivity contribution in [2.45, 2.75) is 38.5 Å². The lowest BCUT2D eigenvalue weighted by atomic mass is 10.1. The van der Waals surface area contributed by atoms with Gasteiger partial charge in [-0.15, -0.1) is 0 Å². The number of nitrogens with zero attached hydrogens (tertiary/aromatic N) is 1. The van der Waals surface area contributed by atoms with Crippen LogP contribution in [-0.2, 0) is 0 Å². The molecule has 0 saturated carbocycles. The molecule has 2 rings (SSSR count). The monoisotopic (exact) mass is 356 g/mol. The van der Waals surface area contributed by atoms with E-state index in [0.29, 0.717) is 10.8 Å². The van der Waals surface area contributed by atoms with Crippen LogP contribution in [0.5, 0.6) is 0 Å². The summed E-state index contributed by atoms with van der Waals surface area (Å²) in [6, 6.07) is 7.18. The number of thioether (sulfide) groups is 1. The number of benzene rings is 1. The Balaban J connectivity index is 2.17. The maximum atomic E-state index is 3.76. The summed E-state index contributed by atoms with van der Waals surface area (Å²) in [4.78, 5) is 2.50. The Bertz CT molecular complexity index is 462. The summed E-state index contributed by atoms with van der Waals surface area (Å²) in [5, 5.41) is 3.46. The summed E-state index contributed by atoms with van der Waals surface area (Å²) < 4.78 is 1.55. The number of nitrogens with one attached hydrogen (secondary N) is 1. The fourth-order valence-electron chi connectivity index (χ4n) is 2.70. The summed E-state index contributed by atoms with van der Waals surface area (Å²) in [5.74, 6) is 1.20. The molecular weight excluding hydrogens is 332 g/mol. The van der Waals surface area contributed by atoms with Gasteiger partial charge in [0, 0.05) is 34.1 Å². The van der Waals surface area contributed by atoms with E-state index in [1.54, 1.807) is 0 Å². The summed E-state index contributed by atoms with van der Waals surface area (Å²) in [6.45, 7) is 12.3. The van der Waals surface area contributed by atoms with Gasteiger partial charge in [0.15, 0.2) is 0 Å². The van der Waals surface area contributed by atoms with Crippen LogP contribution in [0.15, 0.2) is 22.7 Å². The average Bonchev–Trinajstić information content (AvgIpc) is 2.37. The molecule has 1 aliphatic rings. The Hall–Kier alpha value is -0.190. The van der Waals surface area contributed by atoms with Crippen LogP contribution in [-0.4, -0.2) is 30.1 Å². The smallest absolute Gasteiger partial charge is 0.0511 e. The predicted molar refractivity (Wildman–Crippen MR) is 95.0 cm³/mol. The van der Waals surface area contributed by atoms with E-state index in [4.69, 9.17) is 0 Å². The van der Waals surface area contributed by atoms with Crippen LogP contribution in [0.4, 0.5) is 5.69 Å². The second kappa shape index (κ2) is 6.71. The molecule has 1 N–H and O–H groups in total. The molecule has 1 unspecified atom stereocenters. The van der Waals surface area contributed by atoms with E-state index in [1.165, 1.54) is 21.5 Å². The second-order valence-corrected chi connectivity index (χ2v) is 8.68. The van der Waals surface area contributed by atoms with Gasteiger partial charge < -0.3 is 10.2 Å². The fraction of sp³-hybridized carbons (Fsp3) is 0.625. The summed E-state index contributed by atoms with van der Waals surface area (Å²) in [7, 11) is 0. The van der Waals surface area contributed by atoms with Gasteiger partial charge in [-0.25, -0.2) is 0 Å². The van der Waals surface area contributed by atoms with E-state index >= 15 is 0 Å². The molecule has 1 aromatic carbocycles. The highest BCUT2D eigenvalue weighted by Gasteiger charge is 2.28. The largest absolute Gasteiger partial charge is 0.368 e. The minimum Gasteiger partial charge on any atom is -0.368 e. The molecule has 1 heterocycles. The molecule has 0 bridgehead atoms. The summed E-state index contributed by atoms with van der Waals surface area (Å²) in [6.07, 6.45) is 0. The van der Waals surface area contributed by atoms with Gasteiger partial charge in [-0.2, -0.15) is 11.8 Å². The molecule has 20 heavy (non-hydrogen) atoms. The van der Waals surface area contributed by atoms with Crippen molar-refractivity contribution in [3.63, 3.8) is 0 Å². The Kier molecular flexibility index (Phi) is 5.43. The normalized spacial score (nSPS) is 19.9. The highest BCUT2D eigenvalue weighted by Crippen LogP contribution is 2.36. The van der Waals surface area contributed by atoms with Gasteiger partial charge in [0.2, 0.25) is 0 Å². The molecule has 1 atom stereocenters. The molecule has 1 fully saturated rings. The van der Waals surface area contributed by atoms with Gasteiger partial charge >= 0.3 is 0 Å². The highest BCUT2D eigenvalue weighted by molar-refractivity contribution is 9.10. The predicted octanol–water partition coefficient (Wildman–Crippen LogP) is 4.45. The first-order valence-corrected chi connectivity index (χ1v) is 9.12. The lowest BCUT2D eigenvalue weighted by Gasteiger charge is -2.39. The third kappa shape index (κ3) is 3.92. The van der Waals surface area contributed by atoms with Crippen molar-refractivity contribution in [1.29, 1.82) is 0 Å². The van der Waals surface area contributed by atoms with Gasteiger partial charge in [0.05, 0.1) is 5.69 Å².